The Balaban J connectivity index is 1.07. The number of halogens is 1. The van der Waals surface area contributed by atoms with Gasteiger partial charge in [0, 0.05) is 42.1 Å². The molecule has 0 aliphatic carbocycles. The predicted octanol–water partition coefficient (Wildman–Crippen LogP) is 8.06. The molecule has 5 heterocycles. The van der Waals surface area contributed by atoms with E-state index in [4.69, 9.17) is 40.5 Å². The van der Waals surface area contributed by atoms with E-state index in [1.807, 2.05) is 63.8 Å². The van der Waals surface area contributed by atoms with Gasteiger partial charge < -0.3 is 49.3 Å². The number of carbonyl (C=O) groups excluding carboxylic acids is 4. The number of hydrogen-bond donors (Lipinski definition) is 4. The number of aromatic nitrogens is 4. The summed E-state index contributed by atoms with van der Waals surface area (Å²) in [6, 6.07) is 12.1. The number of H-pyrrole nitrogens is 2. The molecule has 340 valence electrons. The molecule has 64 heavy (non-hydrogen) atoms. The van der Waals surface area contributed by atoms with Crippen LogP contribution >= 0.6 is 11.6 Å². The molecule has 4 amide bonds. The van der Waals surface area contributed by atoms with Crippen molar-refractivity contribution in [2.24, 2.45) is 17.8 Å². The second-order valence-electron chi connectivity index (χ2n) is 17.7. The van der Waals surface area contributed by atoms with Gasteiger partial charge in [-0.2, -0.15) is 0 Å². The molecule has 7 atom stereocenters. The van der Waals surface area contributed by atoms with Gasteiger partial charge in [0.2, 0.25) is 11.8 Å². The van der Waals surface area contributed by atoms with Crippen LogP contribution in [0.15, 0.2) is 42.5 Å². The van der Waals surface area contributed by atoms with Gasteiger partial charge in [0.1, 0.15) is 46.9 Å². The van der Waals surface area contributed by atoms with E-state index in [-0.39, 0.29) is 41.7 Å². The van der Waals surface area contributed by atoms with E-state index in [1.54, 1.807) is 12.0 Å². The molecular formula is C47H57ClN8O8. The van der Waals surface area contributed by atoms with Crippen molar-refractivity contribution in [1.29, 1.82) is 0 Å². The standard InChI is InChI=1S/C47H57ClN8O8/c1-9-24(4)38(53-47(60)63-8)44(57)55-20-26(21-61-6)16-35(55)43-50-39(41(48)54-43)28-11-13-30-29(17-28)22-64-36-19-31-27(18-32(30)36)12-14-33-40(31)51-42(49-33)34-15-10-25(5)56(34)45(58)37(23(2)3)52-46(59)62-7/h11-14,17-19,23-26,34-35,37-38H,9-10,15-16,20-22H2,1-8H3,(H,49,51)(H,50,54)(H,52,59)(H,53,60)/t24-,25+,26+,34+,35+,37+,38+/m1/s1. The zero-order chi connectivity index (χ0) is 45.6. The molecule has 2 fully saturated rings. The molecule has 0 spiro atoms. The second-order valence-corrected chi connectivity index (χ2v) is 18.1. The number of imidazole rings is 2. The lowest BCUT2D eigenvalue weighted by atomic mass is 9.92. The van der Waals surface area contributed by atoms with Crippen LogP contribution in [0.3, 0.4) is 0 Å². The SMILES string of the molecule is CC[C@@H](C)[C@H](NC(=O)OC)C(=O)N1C[C@@H](COC)C[C@H]1c1nc(-c2ccc3c(c2)COc2cc4c(ccc5[nH]c([C@@H]6CC[C@H](C)N6C(=O)[C@@H](NC(=O)OC)C(C)C)nc54)cc2-3)c(Cl)[nH]1. The predicted molar refractivity (Wildman–Crippen MR) is 242 cm³/mol. The molecule has 2 aromatic heterocycles. The highest BCUT2D eigenvalue weighted by Gasteiger charge is 2.43. The molecule has 0 radical (unpaired) electrons. The Hall–Kier alpha value is -5.87. The third-order valence-electron chi connectivity index (χ3n) is 13.3. The number of alkyl carbamates (subject to hydrolysis) is 2. The average molecular weight is 897 g/mol. The first-order chi connectivity index (χ1) is 30.7. The van der Waals surface area contributed by atoms with E-state index in [0.717, 1.165) is 62.7 Å². The number of methoxy groups -OCH3 is 3. The van der Waals surface area contributed by atoms with E-state index < -0.39 is 30.3 Å². The molecule has 2 saturated heterocycles. The van der Waals surface area contributed by atoms with Gasteiger partial charge in [-0.25, -0.2) is 19.6 Å². The van der Waals surface area contributed by atoms with Crippen LogP contribution in [0.2, 0.25) is 5.15 Å². The molecule has 5 aromatic rings. The maximum Gasteiger partial charge on any atom is 0.407 e. The summed E-state index contributed by atoms with van der Waals surface area (Å²) in [7, 11) is 4.22. The fraction of sp³-hybridized carbons (Fsp3) is 0.489. The lowest BCUT2D eigenvalue weighted by molar-refractivity contribution is -0.137. The van der Waals surface area contributed by atoms with Crippen molar-refractivity contribution >= 4 is 57.4 Å². The van der Waals surface area contributed by atoms with Crippen molar-refractivity contribution in [3.63, 3.8) is 0 Å². The molecule has 8 rings (SSSR count). The Labute approximate surface area is 377 Å². The minimum absolute atomic E-state index is 0.0388. The molecule has 3 aliphatic rings. The average Bonchev–Trinajstić information content (AvgIpc) is 4.10. The number of rotatable bonds is 12. The van der Waals surface area contributed by atoms with E-state index in [1.165, 1.54) is 14.2 Å². The number of likely N-dealkylation sites (tertiary alicyclic amines) is 2. The Kier molecular flexibility index (Phi) is 12.8. The van der Waals surface area contributed by atoms with Gasteiger partial charge in [0.15, 0.2) is 0 Å². The number of nitrogens with zero attached hydrogens (tertiary/aromatic N) is 4. The van der Waals surface area contributed by atoms with Gasteiger partial charge >= 0.3 is 12.2 Å². The highest BCUT2D eigenvalue weighted by molar-refractivity contribution is 6.32. The quantitative estimate of drug-likeness (QED) is 0.0952. The molecule has 0 unspecified atom stereocenters. The summed E-state index contributed by atoms with van der Waals surface area (Å²) >= 11 is 6.91. The van der Waals surface area contributed by atoms with Crippen LogP contribution in [0.5, 0.6) is 5.75 Å². The summed E-state index contributed by atoms with van der Waals surface area (Å²) in [5, 5.41) is 7.76. The van der Waals surface area contributed by atoms with Crippen LogP contribution in [0.4, 0.5) is 9.59 Å². The van der Waals surface area contributed by atoms with Crippen molar-refractivity contribution in [1.82, 2.24) is 40.4 Å². The number of fused-ring (bicyclic) bond motifs is 6. The summed E-state index contributed by atoms with van der Waals surface area (Å²) < 4.78 is 21.6. The highest BCUT2D eigenvalue weighted by atomic mass is 35.5. The van der Waals surface area contributed by atoms with E-state index in [9.17, 15) is 19.2 Å². The van der Waals surface area contributed by atoms with Crippen LogP contribution < -0.4 is 15.4 Å². The summed E-state index contributed by atoms with van der Waals surface area (Å²) in [6.45, 7) is 11.0. The molecule has 3 aromatic carbocycles. The normalized spacial score (nSPS) is 20.7. The molecule has 17 heteroatoms. The van der Waals surface area contributed by atoms with E-state index >= 15 is 0 Å². The number of nitrogens with one attached hydrogen (secondary N) is 4. The van der Waals surface area contributed by atoms with Crippen molar-refractivity contribution in [2.45, 2.75) is 97.1 Å². The minimum Gasteiger partial charge on any atom is -0.488 e. The van der Waals surface area contributed by atoms with Crippen LogP contribution in [-0.2, 0) is 30.4 Å². The largest absolute Gasteiger partial charge is 0.488 e. The maximum absolute atomic E-state index is 14.2. The van der Waals surface area contributed by atoms with Crippen molar-refractivity contribution in [3.8, 4) is 28.1 Å². The second kappa shape index (κ2) is 18.3. The Morgan fingerprint density at radius 3 is 2.33 bits per heavy atom. The Morgan fingerprint density at radius 2 is 1.62 bits per heavy atom. The summed E-state index contributed by atoms with van der Waals surface area (Å²) in [5.74, 6) is 1.40. The van der Waals surface area contributed by atoms with Crippen LogP contribution in [0.25, 0.3) is 44.2 Å². The van der Waals surface area contributed by atoms with Gasteiger partial charge in [0.25, 0.3) is 0 Å². The van der Waals surface area contributed by atoms with Crippen molar-refractivity contribution < 1.29 is 38.1 Å². The molecular weight excluding hydrogens is 840 g/mol. The molecule has 0 saturated carbocycles. The number of amides is 4. The number of benzene rings is 3. The zero-order valence-corrected chi connectivity index (χ0v) is 38.3. The monoisotopic (exact) mass is 896 g/mol. The highest BCUT2D eigenvalue weighted by Crippen LogP contribution is 2.45. The third kappa shape index (κ3) is 8.33. The summed E-state index contributed by atoms with van der Waals surface area (Å²) in [4.78, 5) is 73.2. The third-order valence-corrected chi connectivity index (χ3v) is 13.5. The topological polar surface area (TPSA) is 193 Å². The van der Waals surface area contributed by atoms with E-state index in [0.29, 0.717) is 55.1 Å². The molecule has 4 N–H and O–H groups in total. The fourth-order valence-electron chi connectivity index (χ4n) is 9.64. The number of aromatic amines is 2. The number of hydrogen-bond acceptors (Lipinski definition) is 10. The first kappa shape index (κ1) is 44.7. The number of ether oxygens (including phenoxy) is 4. The first-order valence-corrected chi connectivity index (χ1v) is 22.4. The van der Waals surface area contributed by atoms with Gasteiger partial charge in [-0.05, 0) is 78.8 Å². The van der Waals surface area contributed by atoms with Crippen LogP contribution in [0, 0.1) is 17.8 Å². The minimum atomic E-state index is -0.777. The van der Waals surface area contributed by atoms with Gasteiger partial charge in [-0.1, -0.05) is 63.9 Å². The van der Waals surface area contributed by atoms with Gasteiger partial charge in [-0.15, -0.1) is 0 Å². The van der Waals surface area contributed by atoms with E-state index in [2.05, 4.69) is 38.8 Å². The summed E-state index contributed by atoms with van der Waals surface area (Å²) in [5.41, 5.74) is 5.95. The maximum atomic E-state index is 14.2. The molecule has 0 bridgehead atoms. The van der Waals surface area contributed by atoms with Gasteiger partial charge in [0.05, 0.1) is 43.9 Å². The zero-order valence-electron chi connectivity index (χ0n) is 37.5. The molecule has 16 nitrogen and oxygen atoms in total. The van der Waals surface area contributed by atoms with Crippen molar-refractivity contribution in [3.05, 3.63) is 64.8 Å². The lowest BCUT2D eigenvalue weighted by Gasteiger charge is -2.32. The van der Waals surface area contributed by atoms with Crippen LogP contribution in [-0.4, -0.2) is 106 Å². The van der Waals surface area contributed by atoms with Crippen LogP contribution in [0.1, 0.15) is 89.6 Å². The lowest BCUT2D eigenvalue weighted by Crippen LogP contribution is -2.52. The Bertz CT molecular complexity index is 2590. The van der Waals surface area contributed by atoms with Gasteiger partial charge in [-0.3, -0.25) is 9.59 Å². The number of carbonyl (C=O) groups is 4. The molecule has 3 aliphatic heterocycles. The smallest absolute Gasteiger partial charge is 0.407 e. The van der Waals surface area contributed by atoms with Crippen molar-refractivity contribution in [2.75, 3.05) is 34.5 Å². The Morgan fingerprint density at radius 1 is 0.891 bits per heavy atom. The fourth-order valence-corrected chi connectivity index (χ4v) is 9.89. The first-order valence-electron chi connectivity index (χ1n) is 22.0. The summed E-state index contributed by atoms with van der Waals surface area (Å²) in [6.07, 6.45) is 1.52.